The molecule has 0 N–H and O–H groups in total. The molecule has 8 heteroatoms. The summed E-state index contributed by atoms with van der Waals surface area (Å²) in [4.78, 5) is 42.5. The highest BCUT2D eigenvalue weighted by atomic mass is 16.5. The van der Waals surface area contributed by atoms with Gasteiger partial charge in [-0.3, -0.25) is 9.59 Å². The molecule has 0 aliphatic heterocycles. The number of aldehydes is 1. The summed E-state index contributed by atoms with van der Waals surface area (Å²) >= 11 is 0. The van der Waals surface area contributed by atoms with Crippen LogP contribution >= 0.6 is 0 Å². The highest BCUT2D eigenvalue weighted by molar-refractivity contribution is 5.89. The quantitative estimate of drug-likeness (QED) is 0.0772. The van der Waals surface area contributed by atoms with Gasteiger partial charge >= 0.3 is 5.97 Å². The van der Waals surface area contributed by atoms with Crippen molar-refractivity contribution >= 4 is 25.2 Å². The van der Waals surface area contributed by atoms with Crippen molar-refractivity contribution < 1.29 is 38.1 Å². The lowest BCUT2D eigenvalue weighted by molar-refractivity contribution is -0.130. The summed E-state index contributed by atoms with van der Waals surface area (Å²) in [6, 6.07) is 17.0. The molecule has 0 atom stereocenters. The summed E-state index contributed by atoms with van der Waals surface area (Å²) in [7, 11) is 1.51. The predicted octanol–water partition coefficient (Wildman–Crippen LogP) is 7.95. The van der Waals surface area contributed by atoms with Crippen LogP contribution in [0.15, 0.2) is 97.6 Å². The van der Waals surface area contributed by atoms with Crippen LogP contribution in [0, 0.1) is 0 Å². The number of benzene rings is 3. The van der Waals surface area contributed by atoms with Gasteiger partial charge in [-0.1, -0.05) is 49.4 Å². The molecule has 228 valence electrons. The van der Waals surface area contributed by atoms with Gasteiger partial charge in [0, 0.05) is 12.0 Å². The maximum atomic E-state index is 11.7. The largest absolute Gasteiger partial charge is 0.496 e. The molecule has 0 bridgehead atoms. The first-order valence-corrected chi connectivity index (χ1v) is 13.2. The summed E-state index contributed by atoms with van der Waals surface area (Å²) in [5.41, 5.74) is 4.24. The number of esters is 1. The molecule has 0 saturated carbocycles. The lowest BCUT2D eigenvalue weighted by atomic mass is 9.97. The highest BCUT2D eigenvalue weighted by Gasteiger charge is 2.17. The zero-order valence-corrected chi connectivity index (χ0v) is 25.7. The van der Waals surface area contributed by atoms with Crippen molar-refractivity contribution in [1.82, 2.24) is 0 Å². The normalized spacial score (nSPS) is 8.98. The molecule has 3 aromatic carbocycles. The second-order valence-corrected chi connectivity index (χ2v) is 8.89. The molecule has 0 fully saturated rings. The molecule has 0 radical (unpaired) electrons. The maximum Gasteiger partial charge on any atom is 0.338 e. The van der Waals surface area contributed by atoms with Crippen molar-refractivity contribution in [2.45, 2.75) is 41.0 Å². The number of ether oxygens (including phenoxy) is 4. The summed E-state index contributed by atoms with van der Waals surface area (Å²) in [5, 5.41) is 0. The van der Waals surface area contributed by atoms with Crippen LogP contribution in [0.5, 0.6) is 23.0 Å². The second-order valence-electron chi connectivity index (χ2n) is 8.89. The summed E-state index contributed by atoms with van der Waals surface area (Å²) in [5.74, 6) is 1.02. The number of allylic oxidation sites excluding steroid dienone is 2. The summed E-state index contributed by atoms with van der Waals surface area (Å²) in [6.45, 7) is 20.4. The van der Waals surface area contributed by atoms with E-state index in [0.29, 0.717) is 53.3 Å². The Hall–Kier alpha value is -5.24. The van der Waals surface area contributed by atoms with E-state index >= 15 is 0 Å². The molecule has 3 rings (SSSR count). The monoisotopic (exact) mass is 588 g/mol. The predicted molar refractivity (Wildman–Crippen MR) is 170 cm³/mol. The average Bonchev–Trinajstić information content (AvgIpc) is 2.98. The molecule has 0 aliphatic rings. The smallest absolute Gasteiger partial charge is 0.338 e. The fourth-order valence-corrected chi connectivity index (χ4v) is 3.01. The molecule has 0 aromatic heterocycles. The van der Waals surface area contributed by atoms with E-state index < -0.39 is 5.97 Å². The standard InChI is InChI=1S/C25H20O7.C4H8.C3H6O.C3H6/c1-16(2)25(28)32-21-10-4-17(5-11-21)19-12-22(29-3)24(23(13-19)31-15-27)18-6-8-20(9-7-18)30-14-26;1-4(2)3;1-2-3-4;1-3-2/h4-15H,1H2,2-3H3;1H2,2-3H3;3H,2H2,1H3;3H,1H2,2H3. The van der Waals surface area contributed by atoms with Crippen molar-refractivity contribution in [3.05, 3.63) is 97.6 Å². The lowest BCUT2D eigenvalue weighted by Crippen LogP contribution is -2.07. The van der Waals surface area contributed by atoms with E-state index in [1.54, 1.807) is 73.7 Å². The number of hydrogen-bond acceptors (Lipinski definition) is 8. The van der Waals surface area contributed by atoms with Crippen LogP contribution in [-0.4, -0.2) is 32.3 Å². The Morgan fingerprint density at radius 2 is 1.21 bits per heavy atom. The van der Waals surface area contributed by atoms with Crippen LogP contribution in [-0.2, 0) is 19.2 Å². The van der Waals surface area contributed by atoms with Gasteiger partial charge in [-0.25, -0.2) is 4.79 Å². The molecule has 43 heavy (non-hydrogen) atoms. The molecule has 0 aliphatic carbocycles. The van der Waals surface area contributed by atoms with E-state index in [1.165, 1.54) is 12.7 Å². The molecule has 0 amide bonds. The van der Waals surface area contributed by atoms with E-state index in [2.05, 4.69) is 19.7 Å². The molecule has 0 spiro atoms. The van der Waals surface area contributed by atoms with Crippen molar-refractivity contribution in [2.75, 3.05) is 7.11 Å². The van der Waals surface area contributed by atoms with Gasteiger partial charge in [0.2, 0.25) is 0 Å². The van der Waals surface area contributed by atoms with Gasteiger partial charge in [0.1, 0.15) is 29.3 Å². The highest BCUT2D eigenvalue weighted by Crippen LogP contribution is 2.42. The Balaban J connectivity index is 0.00000138. The minimum atomic E-state index is -0.505. The number of methoxy groups -OCH3 is 1. The Morgan fingerprint density at radius 1 is 0.767 bits per heavy atom. The van der Waals surface area contributed by atoms with E-state index in [0.717, 1.165) is 17.4 Å². The molecule has 0 unspecified atom stereocenters. The molecule has 0 saturated heterocycles. The molecular formula is C35H40O8. The van der Waals surface area contributed by atoms with E-state index in [9.17, 15) is 19.2 Å². The van der Waals surface area contributed by atoms with Gasteiger partial charge in [-0.05, 0) is 80.8 Å². The van der Waals surface area contributed by atoms with Crippen LogP contribution in [0.2, 0.25) is 0 Å². The van der Waals surface area contributed by atoms with Crippen molar-refractivity contribution in [3.63, 3.8) is 0 Å². The summed E-state index contributed by atoms with van der Waals surface area (Å²) < 4.78 is 20.8. The van der Waals surface area contributed by atoms with Gasteiger partial charge in [0.15, 0.2) is 0 Å². The fourth-order valence-electron chi connectivity index (χ4n) is 3.01. The maximum absolute atomic E-state index is 11.7. The Labute approximate surface area is 254 Å². The number of carbonyl (C=O) groups excluding carboxylic acids is 4. The van der Waals surface area contributed by atoms with E-state index in [1.807, 2.05) is 27.7 Å². The first-order valence-electron chi connectivity index (χ1n) is 13.2. The van der Waals surface area contributed by atoms with Crippen LogP contribution in [0.3, 0.4) is 0 Å². The third-order valence-corrected chi connectivity index (χ3v) is 4.70. The molecule has 3 aromatic rings. The number of hydrogen-bond donors (Lipinski definition) is 0. The van der Waals surface area contributed by atoms with Crippen molar-refractivity contribution in [3.8, 4) is 45.3 Å². The van der Waals surface area contributed by atoms with Gasteiger partial charge in [-0.2, -0.15) is 0 Å². The minimum Gasteiger partial charge on any atom is -0.496 e. The lowest BCUT2D eigenvalue weighted by Gasteiger charge is -2.16. The van der Waals surface area contributed by atoms with E-state index in [4.69, 9.17) is 18.9 Å². The Bertz CT molecular complexity index is 1350. The second kappa shape index (κ2) is 21.5. The zero-order chi connectivity index (χ0) is 32.8. The van der Waals surface area contributed by atoms with Crippen LogP contribution in [0.25, 0.3) is 22.3 Å². The van der Waals surface area contributed by atoms with Gasteiger partial charge in [0.25, 0.3) is 12.9 Å². The average molecular weight is 589 g/mol. The van der Waals surface area contributed by atoms with Crippen molar-refractivity contribution in [1.29, 1.82) is 0 Å². The third-order valence-electron chi connectivity index (χ3n) is 4.70. The Morgan fingerprint density at radius 3 is 1.63 bits per heavy atom. The molecule has 8 nitrogen and oxygen atoms in total. The molecular weight excluding hydrogens is 548 g/mol. The van der Waals surface area contributed by atoms with Gasteiger partial charge in [0.05, 0.1) is 12.7 Å². The van der Waals surface area contributed by atoms with E-state index in [-0.39, 0.29) is 5.75 Å². The van der Waals surface area contributed by atoms with Crippen molar-refractivity contribution in [2.24, 2.45) is 0 Å². The summed E-state index contributed by atoms with van der Waals surface area (Å²) in [6.07, 6.45) is 3.26. The first kappa shape index (κ1) is 37.8. The number of rotatable bonds is 10. The van der Waals surface area contributed by atoms with Gasteiger partial charge < -0.3 is 23.7 Å². The van der Waals surface area contributed by atoms with Crippen LogP contribution in [0.4, 0.5) is 0 Å². The molecule has 0 heterocycles. The minimum absolute atomic E-state index is 0.288. The van der Waals surface area contributed by atoms with Crippen LogP contribution < -0.4 is 18.9 Å². The first-order chi connectivity index (χ1) is 20.5. The zero-order valence-electron chi connectivity index (χ0n) is 25.7. The third kappa shape index (κ3) is 14.3. The Kier molecular flexibility index (Phi) is 18.9. The SMILES string of the molecule is C=C(C)C.C=C(C)C(=O)Oc1ccc(-c2cc(OC)c(-c3ccc(OC=O)cc3)c(OC=O)c2)cc1.C=CC.CCC=O. The van der Waals surface area contributed by atoms with Gasteiger partial charge in [-0.15, -0.1) is 13.2 Å². The number of carbonyl (C=O) groups is 4. The fraction of sp³-hybridized carbons (Fsp3) is 0.200. The van der Waals surface area contributed by atoms with Crippen LogP contribution in [0.1, 0.15) is 41.0 Å². The topological polar surface area (TPSA) is 105 Å².